The molecule has 2 aliphatic heterocycles. The Hall–Kier alpha value is -3.02. The van der Waals surface area contributed by atoms with Gasteiger partial charge in [-0.2, -0.15) is 4.98 Å². The molecule has 2 saturated heterocycles. The summed E-state index contributed by atoms with van der Waals surface area (Å²) in [5, 5.41) is 10.1. The van der Waals surface area contributed by atoms with Crippen molar-refractivity contribution in [3.05, 3.63) is 34.6 Å². The summed E-state index contributed by atoms with van der Waals surface area (Å²) in [6, 6.07) is 8.00. The number of piperidine rings is 1. The van der Waals surface area contributed by atoms with Gasteiger partial charge in [0.25, 0.3) is 11.5 Å². The molecular formula is C22H27N7O3S. The van der Waals surface area contributed by atoms with Gasteiger partial charge < -0.3 is 25.6 Å². The van der Waals surface area contributed by atoms with Crippen LogP contribution in [0.2, 0.25) is 0 Å². The molecule has 0 radical (unpaired) electrons. The second-order valence-electron chi connectivity index (χ2n) is 8.21. The molecule has 5 rings (SSSR count). The molecule has 1 aromatic carbocycles. The normalized spacial score (nSPS) is 21.2. The van der Waals surface area contributed by atoms with E-state index in [1.807, 2.05) is 29.2 Å². The second kappa shape index (κ2) is 9.46. The molecule has 0 spiro atoms. The quantitative estimate of drug-likeness (QED) is 0.439. The number of hydrogen-bond donors (Lipinski definition) is 4. The highest BCUT2D eigenvalue weighted by Gasteiger charge is 2.29. The predicted molar refractivity (Wildman–Crippen MR) is 129 cm³/mol. The van der Waals surface area contributed by atoms with Crippen molar-refractivity contribution in [2.45, 2.75) is 25.0 Å². The molecular weight excluding hydrogens is 442 g/mol. The topological polar surface area (TPSA) is 124 Å². The number of likely N-dealkylation sites (N-methyl/N-ethyl adjacent to an activating group) is 1. The number of rotatable bonds is 5. The van der Waals surface area contributed by atoms with Crippen LogP contribution in [0.4, 0.5) is 11.8 Å². The summed E-state index contributed by atoms with van der Waals surface area (Å²) in [7, 11) is 1.58. The number of anilines is 2. The third-order valence-corrected chi connectivity index (χ3v) is 7.01. The first-order chi connectivity index (χ1) is 16.1. The molecule has 2 atom stereocenters. The van der Waals surface area contributed by atoms with Crippen LogP contribution in [0.15, 0.2) is 29.1 Å². The predicted octanol–water partition coefficient (Wildman–Crippen LogP) is 1.16. The van der Waals surface area contributed by atoms with E-state index in [1.54, 1.807) is 7.05 Å². The first-order valence-electron chi connectivity index (χ1n) is 11.2. The molecule has 174 valence electrons. The first-order valence-corrected chi connectivity index (χ1v) is 12.0. The molecule has 1 amide bonds. The molecule has 0 saturated carbocycles. The van der Waals surface area contributed by atoms with Gasteiger partial charge >= 0.3 is 0 Å². The number of thiazole rings is 1. The number of morpholine rings is 1. The van der Waals surface area contributed by atoms with Crippen molar-refractivity contribution in [2.24, 2.45) is 0 Å². The molecule has 33 heavy (non-hydrogen) atoms. The van der Waals surface area contributed by atoms with Crippen molar-refractivity contribution in [2.75, 3.05) is 50.1 Å². The summed E-state index contributed by atoms with van der Waals surface area (Å²) in [5.74, 6) is 0.748. The van der Waals surface area contributed by atoms with E-state index in [2.05, 4.69) is 20.9 Å². The lowest BCUT2D eigenvalue weighted by Crippen LogP contribution is -2.50. The van der Waals surface area contributed by atoms with E-state index in [0.717, 1.165) is 36.1 Å². The third kappa shape index (κ3) is 4.56. The van der Waals surface area contributed by atoms with Gasteiger partial charge in [-0.15, -0.1) is 11.3 Å². The number of amides is 1. The van der Waals surface area contributed by atoms with Crippen LogP contribution >= 0.6 is 11.3 Å². The zero-order valence-electron chi connectivity index (χ0n) is 18.4. The van der Waals surface area contributed by atoms with Crippen molar-refractivity contribution in [1.29, 1.82) is 0 Å². The maximum Gasteiger partial charge on any atom is 0.264 e. The van der Waals surface area contributed by atoms with Crippen LogP contribution in [0.5, 0.6) is 0 Å². The molecule has 10 nitrogen and oxygen atoms in total. The Balaban J connectivity index is 1.54. The highest BCUT2D eigenvalue weighted by atomic mass is 32.1. The number of H-pyrrole nitrogens is 1. The number of carbonyl (C=O) groups excluding carboxylic acids is 1. The Morgan fingerprint density at radius 1 is 1.30 bits per heavy atom. The largest absolute Gasteiger partial charge is 0.365 e. The highest BCUT2D eigenvalue weighted by molar-refractivity contribution is 7.21. The second-order valence-corrected chi connectivity index (χ2v) is 9.24. The van der Waals surface area contributed by atoms with Crippen molar-refractivity contribution in [3.63, 3.8) is 0 Å². The Kier molecular flexibility index (Phi) is 6.25. The first kappa shape index (κ1) is 21.8. The van der Waals surface area contributed by atoms with E-state index in [9.17, 15) is 9.59 Å². The van der Waals surface area contributed by atoms with Crippen LogP contribution < -0.4 is 26.4 Å². The molecule has 2 aromatic heterocycles. The van der Waals surface area contributed by atoms with E-state index in [1.165, 1.54) is 11.3 Å². The molecule has 2 unspecified atom stereocenters. The number of carbonyl (C=O) groups is 1. The van der Waals surface area contributed by atoms with E-state index >= 15 is 0 Å². The van der Waals surface area contributed by atoms with Gasteiger partial charge in [-0.1, -0.05) is 12.1 Å². The number of aromatic amines is 1. The average Bonchev–Trinajstić information content (AvgIpc) is 3.27. The summed E-state index contributed by atoms with van der Waals surface area (Å²) in [6.07, 6.45) is 1.44. The van der Waals surface area contributed by atoms with Crippen LogP contribution in [-0.4, -0.2) is 72.8 Å². The number of para-hydroxylation sites is 1. The van der Waals surface area contributed by atoms with Crippen molar-refractivity contribution in [3.8, 4) is 10.6 Å². The summed E-state index contributed by atoms with van der Waals surface area (Å²) in [4.78, 5) is 39.8. The minimum atomic E-state index is -0.614. The van der Waals surface area contributed by atoms with Gasteiger partial charge in [0, 0.05) is 26.2 Å². The van der Waals surface area contributed by atoms with Crippen molar-refractivity contribution in [1.82, 2.24) is 25.6 Å². The molecule has 0 aliphatic carbocycles. The zero-order valence-corrected chi connectivity index (χ0v) is 19.2. The fourth-order valence-electron chi connectivity index (χ4n) is 4.22. The van der Waals surface area contributed by atoms with Crippen LogP contribution in [0.1, 0.15) is 12.8 Å². The van der Waals surface area contributed by atoms with E-state index < -0.39 is 6.10 Å². The van der Waals surface area contributed by atoms with Gasteiger partial charge in [0.05, 0.1) is 23.4 Å². The number of hydrogen-bond acceptors (Lipinski definition) is 9. The van der Waals surface area contributed by atoms with Gasteiger partial charge in [0.2, 0.25) is 5.95 Å². The maximum atomic E-state index is 13.4. The third-order valence-electron chi connectivity index (χ3n) is 5.96. The summed E-state index contributed by atoms with van der Waals surface area (Å²) in [6.45, 7) is 3.01. The minimum Gasteiger partial charge on any atom is -0.365 e. The highest BCUT2D eigenvalue weighted by Crippen LogP contribution is 2.32. The SMILES string of the molecule is CNC(=O)C1CN(c2nc(NC3CCCNC3)c(-c3nc4ccccc4s3)c(=O)[nH]2)CCO1. The van der Waals surface area contributed by atoms with E-state index in [4.69, 9.17) is 14.7 Å². The number of aromatic nitrogens is 3. The Bertz CT molecular complexity index is 1170. The lowest BCUT2D eigenvalue weighted by Gasteiger charge is -2.32. The number of nitrogens with zero attached hydrogens (tertiary/aromatic N) is 3. The van der Waals surface area contributed by atoms with E-state index in [0.29, 0.717) is 42.0 Å². The Morgan fingerprint density at radius 3 is 2.97 bits per heavy atom. The van der Waals surface area contributed by atoms with Gasteiger partial charge in [-0.25, -0.2) is 4.98 Å². The Labute approximate surface area is 194 Å². The minimum absolute atomic E-state index is 0.164. The smallest absolute Gasteiger partial charge is 0.264 e. The monoisotopic (exact) mass is 469 g/mol. The van der Waals surface area contributed by atoms with Gasteiger partial charge in [0.1, 0.15) is 16.4 Å². The van der Waals surface area contributed by atoms with Crippen molar-refractivity contribution < 1.29 is 9.53 Å². The number of ether oxygens (including phenoxy) is 1. The standard InChI is InChI=1S/C22H27N7O3S/c1-23-19(30)15-12-29(9-10-32-15)22-27-18(25-13-5-4-8-24-11-13)17(20(31)28-22)21-26-14-6-2-3-7-16(14)33-21/h2-3,6-7,13,15,24H,4-5,8-12H2,1H3,(H,23,30)(H2,25,27,28,31). The zero-order chi connectivity index (χ0) is 22.8. The molecule has 0 bridgehead atoms. The van der Waals surface area contributed by atoms with Crippen LogP contribution in [0, 0.1) is 0 Å². The summed E-state index contributed by atoms with van der Waals surface area (Å²) < 4.78 is 6.60. The van der Waals surface area contributed by atoms with Crippen LogP contribution in [0.3, 0.4) is 0 Å². The Morgan fingerprint density at radius 2 is 2.18 bits per heavy atom. The lowest BCUT2D eigenvalue weighted by molar-refractivity contribution is -0.132. The van der Waals surface area contributed by atoms with Crippen LogP contribution in [0.25, 0.3) is 20.8 Å². The van der Waals surface area contributed by atoms with Gasteiger partial charge in [-0.3, -0.25) is 14.6 Å². The van der Waals surface area contributed by atoms with E-state index in [-0.39, 0.29) is 17.5 Å². The van der Waals surface area contributed by atoms with Crippen LogP contribution in [-0.2, 0) is 9.53 Å². The summed E-state index contributed by atoms with van der Waals surface area (Å²) >= 11 is 1.48. The fourth-order valence-corrected chi connectivity index (χ4v) is 5.23. The fraction of sp³-hybridized carbons (Fsp3) is 0.455. The molecule has 2 fully saturated rings. The van der Waals surface area contributed by atoms with Gasteiger partial charge in [-0.05, 0) is 31.5 Å². The lowest BCUT2D eigenvalue weighted by atomic mass is 10.1. The summed E-state index contributed by atoms with van der Waals surface area (Å²) in [5.41, 5.74) is 1.04. The van der Waals surface area contributed by atoms with Crippen molar-refractivity contribution >= 4 is 39.2 Å². The number of fused-ring (bicyclic) bond motifs is 1. The molecule has 4 heterocycles. The molecule has 4 N–H and O–H groups in total. The average molecular weight is 470 g/mol. The maximum absolute atomic E-state index is 13.4. The number of nitrogens with one attached hydrogen (secondary N) is 4. The molecule has 3 aromatic rings. The number of benzene rings is 1. The molecule has 2 aliphatic rings. The molecule has 11 heteroatoms. The van der Waals surface area contributed by atoms with Gasteiger partial charge in [0.15, 0.2) is 6.10 Å².